The van der Waals surface area contributed by atoms with Crippen molar-refractivity contribution < 1.29 is 9.59 Å². The van der Waals surface area contributed by atoms with E-state index in [-0.39, 0.29) is 23.7 Å². The summed E-state index contributed by atoms with van der Waals surface area (Å²) in [6, 6.07) is 11.1. The van der Waals surface area contributed by atoms with Gasteiger partial charge in [-0.15, -0.1) is 0 Å². The molecule has 2 unspecified atom stereocenters. The van der Waals surface area contributed by atoms with Crippen molar-refractivity contribution in [3.05, 3.63) is 64.9 Å². The van der Waals surface area contributed by atoms with Crippen LogP contribution in [0.5, 0.6) is 0 Å². The fourth-order valence-electron chi connectivity index (χ4n) is 2.55. The standard InChI is InChI=1S/C18H18ClN3O2/c19-16-6-2-1-5-13(16)11-22-18(24)15-8-14(15)17(23)21-10-12-4-3-7-20-9-12/h1-7,9,14-15H,8,10-11H2,(H,21,23)(H,22,24). The molecule has 0 spiro atoms. The van der Waals surface area contributed by atoms with E-state index in [2.05, 4.69) is 15.6 Å². The number of carbonyl (C=O) groups excluding carboxylic acids is 2. The normalized spacial score (nSPS) is 18.7. The minimum absolute atomic E-state index is 0.0863. The number of hydrogen-bond donors (Lipinski definition) is 2. The van der Waals surface area contributed by atoms with E-state index in [1.54, 1.807) is 18.5 Å². The summed E-state index contributed by atoms with van der Waals surface area (Å²) in [5.41, 5.74) is 1.80. The SMILES string of the molecule is O=C(NCc1cccnc1)C1CC1C(=O)NCc1ccccc1Cl. The van der Waals surface area contributed by atoms with Crippen molar-refractivity contribution in [1.29, 1.82) is 0 Å². The van der Waals surface area contributed by atoms with Gasteiger partial charge in [0, 0.05) is 30.5 Å². The van der Waals surface area contributed by atoms with Gasteiger partial charge in [-0.25, -0.2) is 0 Å². The molecule has 0 saturated heterocycles. The van der Waals surface area contributed by atoms with Gasteiger partial charge < -0.3 is 10.6 Å². The van der Waals surface area contributed by atoms with Crippen molar-refractivity contribution in [1.82, 2.24) is 15.6 Å². The van der Waals surface area contributed by atoms with E-state index in [4.69, 9.17) is 11.6 Å². The second-order valence-electron chi connectivity index (χ2n) is 5.84. The van der Waals surface area contributed by atoms with Crippen LogP contribution in [0.25, 0.3) is 0 Å². The van der Waals surface area contributed by atoms with Crippen LogP contribution in [0.3, 0.4) is 0 Å². The van der Waals surface area contributed by atoms with Crippen LogP contribution in [-0.4, -0.2) is 16.8 Å². The highest BCUT2D eigenvalue weighted by atomic mass is 35.5. The molecule has 3 rings (SSSR count). The summed E-state index contributed by atoms with van der Waals surface area (Å²) in [4.78, 5) is 28.2. The average molecular weight is 344 g/mol. The number of halogens is 1. The quantitative estimate of drug-likeness (QED) is 0.845. The van der Waals surface area contributed by atoms with Crippen LogP contribution in [0.15, 0.2) is 48.8 Å². The number of benzene rings is 1. The fraction of sp³-hybridized carbons (Fsp3) is 0.278. The van der Waals surface area contributed by atoms with Gasteiger partial charge >= 0.3 is 0 Å². The van der Waals surface area contributed by atoms with Crippen LogP contribution in [0, 0.1) is 11.8 Å². The predicted octanol–water partition coefficient (Wildman–Crippen LogP) is 2.30. The third-order valence-corrected chi connectivity index (χ3v) is 4.43. The zero-order valence-corrected chi connectivity index (χ0v) is 13.8. The molecule has 5 nitrogen and oxygen atoms in total. The number of nitrogens with one attached hydrogen (secondary N) is 2. The third kappa shape index (κ3) is 4.11. The lowest BCUT2D eigenvalue weighted by Crippen LogP contribution is -2.29. The van der Waals surface area contributed by atoms with Gasteiger partial charge in [-0.05, 0) is 29.7 Å². The van der Waals surface area contributed by atoms with Crippen LogP contribution in [0.1, 0.15) is 17.5 Å². The fourth-order valence-corrected chi connectivity index (χ4v) is 2.76. The van der Waals surface area contributed by atoms with Gasteiger partial charge in [0.15, 0.2) is 0 Å². The lowest BCUT2D eigenvalue weighted by Gasteiger charge is -2.07. The van der Waals surface area contributed by atoms with E-state index in [9.17, 15) is 9.59 Å². The van der Waals surface area contributed by atoms with Gasteiger partial charge in [0.25, 0.3) is 0 Å². The first kappa shape index (κ1) is 16.5. The molecule has 24 heavy (non-hydrogen) atoms. The van der Waals surface area contributed by atoms with Crippen LogP contribution < -0.4 is 10.6 Å². The van der Waals surface area contributed by atoms with Crippen molar-refractivity contribution >= 4 is 23.4 Å². The Kier molecular flexibility index (Phi) is 5.11. The first-order chi connectivity index (χ1) is 11.6. The monoisotopic (exact) mass is 343 g/mol. The Bertz CT molecular complexity index is 736. The van der Waals surface area contributed by atoms with Crippen LogP contribution in [0.2, 0.25) is 5.02 Å². The first-order valence-corrected chi connectivity index (χ1v) is 8.20. The van der Waals surface area contributed by atoms with Crippen molar-refractivity contribution in [2.45, 2.75) is 19.5 Å². The van der Waals surface area contributed by atoms with E-state index in [1.807, 2.05) is 30.3 Å². The van der Waals surface area contributed by atoms with Gasteiger partial charge in [-0.2, -0.15) is 0 Å². The average Bonchev–Trinajstić information content (AvgIpc) is 3.40. The lowest BCUT2D eigenvalue weighted by molar-refractivity contribution is -0.127. The van der Waals surface area contributed by atoms with E-state index < -0.39 is 0 Å². The summed E-state index contributed by atoms with van der Waals surface area (Å²) < 4.78 is 0. The number of aromatic nitrogens is 1. The van der Waals surface area contributed by atoms with Crippen molar-refractivity contribution in [3.63, 3.8) is 0 Å². The number of hydrogen-bond acceptors (Lipinski definition) is 3. The number of amides is 2. The predicted molar refractivity (Wildman–Crippen MR) is 91.0 cm³/mol. The molecule has 1 aromatic heterocycles. The molecule has 6 heteroatoms. The van der Waals surface area contributed by atoms with Crippen LogP contribution in [0.4, 0.5) is 0 Å². The summed E-state index contributed by atoms with van der Waals surface area (Å²) in [7, 11) is 0. The molecule has 0 bridgehead atoms. The van der Waals surface area contributed by atoms with Gasteiger partial charge in [0.1, 0.15) is 0 Å². The van der Waals surface area contributed by atoms with Gasteiger partial charge in [0.2, 0.25) is 11.8 Å². The number of rotatable bonds is 6. The molecule has 1 aromatic carbocycles. The molecular formula is C18H18ClN3O2. The zero-order valence-electron chi connectivity index (χ0n) is 13.0. The Balaban J connectivity index is 1.43. The molecule has 1 aliphatic rings. The number of pyridine rings is 1. The topological polar surface area (TPSA) is 71.1 Å². The second kappa shape index (κ2) is 7.45. The molecular weight excluding hydrogens is 326 g/mol. The highest BCUT2D eigenvalue weighted by Crippen LogP contribution is 2.38. The Morgan fingerprint density at radius 3 is 2.42 bits per heavy atom. The lowest BCUT2D eigenvalue weighted by atomic mass is 10.2. The maximum atomic E-state index is 12.1. The van der Waals surface area contributed by atoms with E-state index >= 15 is 0 Å². The highest BCUT2D eigenvalue weighted by molar-refractivity contribution is 6.31. The van der Waals surface area contributed by atoms with E-state index in [0.29, 0.717) is 24.5 Å². The Labute approximate surface area is 145 Å². The highest BCUT2D eigenvalue weighted by Gasteiger charge is 2.47. The smallest absolute Gasteiger partial charge is 0.224 e. The number of nitrogens with zero attached hydrogens (tertiary/aromatic N) is 1. The molecule has 2 aromatic rings. The summed E-state index contributed by atoms with van der Waals surface area (Å²) in [6.45, 7) is 0.802. The maximum Gasteiger partial charge on any atom is 0.224 e. The molecule has 1 saturated carbocycles. The summed E-state index contributed by atoms with van der Waals surface area (Å²) in [5.74, 6) is -0.678. The first-order valence-electron chi connectivity index (χ1n) is 7.83. The molecule has 2 N–H and O–H groups in total. The third-order valence-electron chi connectivity index (χ3n) is 4.06. The van der Waals surface area contributed by atoms with Crippen molar-refractivity contribution in [2.24, 2.45) is 11.8 Å². The molecule has 2 atom stereocenters. The molecule has 1 fully saturated rings. The molecule has 0 radical (unpaired) electrons. The Morgan fingerprint density at radius 1 is 1.04 bits per heavy atom. The minimum Gasteiger partial charge on any atom is -0.352 e. The van der Waals surface area contributed by atoms with Gasteiger partial charge in [-0.1, -0.05) is 35.9 Å². The Hall–Kier alpha value is -2.40. The zero-order chi connectivity index (χ0) is 16.9. The Morgan fingerprint density at radius 2 is 1.75 bits per heavy atom. The summed E-state index contributed by atoms with van der Waals surface area (Å²) in [5, 5.41) is 6.32. The molecule has 124 valence electrons. The number of carbonyl (C=O) groups is 2. The van der Waals surface area contributed by atoms with Gasteiger partial charge in [-0.3, -0.25) is 14.6 Å². The summed E-state index contributed by atoms with van der Waals surface area (Å²) >= 11 is 6.06. The molecule has 1 heterocycles. The largest absolute Gasteiger partial charge is 0.352 e. The van der Waals surface area contributed by atoms with Crippen LogP contribution >= 0.6 is 11.6 Å². The van der Waals surface area contributed by atoms with Crippen molar-refractivity contribution in [2.75, 3.05) is 0 Å². The second-order valence-corrected chi connectivity index (χ2v) is 6.24. The van der Waals surface area contributed by atoms with Crippen LogP contribution in [-0.2, 0) is 22.7 Å². The molecule has 2 amide bonds. The summed E-state index contributed by atoms with van der Waals surface area (Å²) in [6.07, 6.45) is 3.99. The maximum absolute atomic E-state index is 12.1. The molecule has 0 aliphatic heterocycles. The van der Waals surface area contributed by atoms with Gasteiger partial charge in [0.05, 0.1) is 11.8 Å². The van der Waals surface area contributed by atoms with E-state index in [1.165, 1.54) is 0 Å². The van der Waals surface area contributed by atoms with Crippen molar-refractivity contribution in [3.8, 4) is 0 Å². The molecule has 1 aliphatic carbocycles. The van der Waals surface area contributed by atoms with E-state index in [0.717, 1.165) is 11.1 Å². The minimum atomic E-state index is -0.249.